The second-order valence-corrected chi connectivity index (χ2v) is 4.44. The van der Waals surface area contributed by atoms with Gasteiger partial charge in [0.2, 0.25) is 0 Å². The van der Waals surface area contributed by atoms with Crippen LogP contribution in [-0.4, -0.2) is 33.1 Å². The van der Waals surface area contributed by atoms with Crippen molar-refractivity contribution in [2.24, 2.45) is 5.92 Å². The molecule has 21 heavy (non-hydrogen) atoms. The van der Waals surface area contributed by atoms with Crippen LogP contribution in [0.4, 0.5) is 0 Å². The fourth-order valence-corrected chi connectivity index (χ4v) is 1.87. The molecule has 0 bridgehead atoms. The molecule has 1 aromatic rings. The first-order valence-corrected chi connectivity index (χ1v) is 6.50. The maximum Gasteiger partial charge on any atom is 0.316 e. The maximum atomic E-state index is 11.5. The lowest BCUT2D eigenvalue weighted by atomic mass is 10.0. The van der Waals surface area contributed by atoms with Gasteiger partial charge < -0.3 is 14.2 Å². The van der Waals surface area contributed by atoms with Crippen LogP contribution in [0.3, 0.4) is 0 Å². The molecule has 0 radical (unpaired) electrons. The summed E-state index contributed by atoms with van der Waals surface area (Å²) in [5.41, 5.74) is 0.889. The van der Waals surface area contributed by atoms with E-state index in [9.17, 15) is 9.59 Å². The Morgan fingerprint density at radius 3 is 2.33 bits per heavy atom. The van der Waals surface area contributed by atoms with Gasteiger partial charge in [-0.25, -0.2) is 0 Å². The number of carbonyl (C=O) groups is 2. The summed E-state index contributed by atoms with van der Waals surface area (Å²) in [4.78, 5) is 22.9. The van der Waals surface area contributed by atoms with Crippen LogP contribution in [0, 0.1) is 5.92 Å². The van der Waals surface area contributed by atoms with Crippen LogP contribution in [0.5, 0.6) is 11.5 Å². The molecule has 0 saturated carbocycles. The van der Waals surface area contributed by atoms with E-state index in [-0.39, 0.29) is 5.78 Å². The van der Waals surface area contributed by atoms with Crippen molar-refractivity contribution < 1.29 is 23.8 Å². The van der Waals surface area contributed by atoms with Crippen LogP contribution in [0.1, 0.15) is 18.9 Å². The third kappa shape index (κ3) is 4.63. The fourth-order valence-electron chi connectivity index (χ4n) is 1.87. The lowest BCUT2D eigenvalue weighted by molar-refractivity contribution is -0.148. The second-order valence-electron chi connectivity index (χ2n) is 4.44. The van der Waals surface area contributed by atoms with Gasteiger partial charge in [0.15, 0.2) is 11.5 Å². The molecule has 0 amide bonds. The summed E-state index contributed by atoms with van der Waals surface area (Å²) in [6, 6.07) is 5.47. The van der Waals surface area contributed by atoms with Crippen LogP contribution >= 0.6 is 0 Å². The minimum absolute atomic E-state index is 0.209. The zero-order valence-electron chi connectivity index (χ0n) is 12.7. The molecule has 1 aromatic carbocycles. The highest BCUT2D eigenvalue weighted by Gasteiger charge is 2.22. The van der Waals surface area contributed by atoms with Crippen LogP contribution in [0.2, 0.25) is 0 Å². The molecule has 5 heteroatoms. The number of hydrogen-bond acceptors (Lipinski definition) is 5. The first-order valence-electron chi connectivity index (χ1n) is 6.50. The molecule has 0 N–H and O–H groups in total. The van der Waals surface area contributed by atoms with Gasteiger partial charge in [0.05, 0.1) is 21.3 Å². The minimum Gasteiger partial charge on any atom is -0.493 e. The molecule has 0 spiro atoms. The average molecular weight is 292 g/mol. The van der Waals surface area contributed by atoms with Crippen LogP contribution in [-0.2, 0) is 14.3 Å². The van der Waals surface area contributed by atoms with Crippen LogP contribution < -0.4 is 9.47 Å². The third-order valence-electron chi connectivity index (χ3n) is 3.07. The van der Waals surface area contributed by atoms with E-state index in [1.165, 1.54) is 14.0 Å². The van der Waals surface area contributed by atoms with E-state index in [4.69, 9.17) is 9.47 Å². The largest absolute Gasteiger partial charge is 0.493 e. The summed E-state index contributed by atoms with van der Waals surface area (Å²) >= 11 is 0. The predicted octanol–water partition coefficient (Wildman–Crippen LogP) is 2.49. The van der Waals surface area contributed by atoms with Crippen molar-refractivity contribution in [1.29, 1.82) is 0 Å². The molecule has 114 valence electrons. The highest BCUT2D eigenvalue weighted by atomic mass is 16.5. The number of benzene rings is 1. The van der Waals surface area contributed by atoms with Gasteiger partial charge in [0, 0.05) is 0 Å². The summed E-state index contributed by atoms with van der Waals surface area (Å²) in [6.45, 7) is 1.38. The standard InChI is InChI=1S/C16H20O5/c1-11(17)13(16(18)21-4)7-5-6-12-8-9-14(19-2)15(10-12)20-3/h5-6,8-10,13H,7H2,1-4H3/b6-5+. The molecular formula is C16H20O5. The molecule has 1 atom stereocenters. The highest BCUT2D eigenvalue weighted by Crippen LogP contribution is 2.28. The van der Waals surface area contributed by atoms with Gasteiger partial charge in [0.1, 0.15) is 11.7 Å². The Hall–Kier alpha value is -2.30. The SMILES string of the molecule is COC(=O)C(C/C=C/c1ccc(OC)c(OC)c1)C(C)=O. The number of ketones is 1. The van der Waals surface area contributed by atoms with E-state index in [1.807, 2.05) is 18.2 Å². The van der Waals surface area contributed by atoms with E-state index in [0.717, 1.165) is 5.56 Å². The quantitative estimate of drug-likeness (QED) is 0.570. The summed E-state index contributed by atoms with van der Waals surface area (Å²) in [5.74, 6) is -0.216. The van der Waals surface area contributed by atoms with Gasteiger partial charge >= 0.3 is 5.97 Å². The van der Waals surface area contributed by atoms with Crippen molar-refractivity contribution in [2.45, 2.75) is 13.3 Å². The van der Waals surface area contributed by atoms with Crippen molar-refractivity contribution in [3.63, 3.8) is 0 Å². The zero-order chi connectivity index (χ0) is 15.8. The van der Waals surface area contributed by atoms with Gasteiger partial charge in [-0.1, -0.05) is 18.2 Å². The van der Waals surface area contributed by atoms with Crippen molar-refractivity contribution in [3.8, 4) is 11.5 Å². The number of carbonyl (C=O) groups excluding carboxylic acids is 2. The maximum absolute atomic E-state index is 11.5. The van der Waals surface area contributed by atoms with Gasteiger partial charge in [0.25, 0.3) is 0 Å². The molecule has 0 saturated heterocycles. The molecule has 0 aliphatic heterocycles. The molecule has 0 aliphatic carbocycles. The number of Topliss-reactive ketones (excluding diaryl/α,β-unsaturated/α-hetero) is 1. The van der Waals surface area contributed by atoms with Crippen LogP contribution in [0.25, 0.3) is 6.08 Å². The van der Waals surface area contributed by atoms with E-state index in [0.29, 0.717) is 17.9 Å². The Morgan fingerprint density at radius 1 is 1.14 bits per heavy atom. The normalized spacial score (nSPS) is 12.0. The summed E-state index contributed by atoms with van der Waals surface area (Å²) in [5, 5.41) is 0. The van der Waals surface area contributed by atoms with Gasteiger partial charge in [-0.2, -0.15) is 0 Å². The first-order chi connectivity index (χ1) is 10.0. The van der Waals surface area contributed by atoms with Crippen molar-refractivity contribution in [2.75, 3.05) is 21.3 Å². The summed E-state index contributed by atoms with van der Waals surface area (Å²) in [7, 11) is 4.41. The van der Waals surface area contributed by atoms with E-state index in [1.54, 1.807) is 26.4 Å². The molecule has 0 heterocycles. The van der Waals surface area contributed by atoms with Gasteiger partial charge in [-0.15, -0.1) is 0 Å². The summed E-state index contributed by atoms with van der Waals surface area (Å²) in [6.07, 6.45) is 3.89. The molecule has 0 aliphatic rings. The minimum atomic E-state index is -0.758. The molecule has 5 nitrogen and oxygen atoms in total. The first kappa shape index (κ1) is 16.8. The summed E-state index contributed by atoms with van der Waals surface area (Å²) < 4.78 is 15.0. The van der Waals surface area contributed by atoms with Crippen molar-refractivity contribution in [1.82, 2.24) is 0 Å². The van der Waals surface area contributed by atoms with Gasteiger partial charge in [-0.05, 0) is 31.0 Å². The number of esters is 1. The molecule has 1 rings (SSSR count). The van der Waals surface area contributed by atoms with E-state index >= 15 is 0 Å². The Balaban J connectivity index is 2.80. The zero-order valence-corrected chi connectivity index (χ0v) is 12.7. The Labute approximate surface area is 124 Å². The van der Waals surface area contributed by atoms with E-state index < -0.39 is 11.9 Å². The van der Waals surface area contributed by atoms with Crippen molar-refractivity contribution in [3.05, 3.63) is 29.8 Å². The lowest BCUT2D eigenvalue weighted by Crippen LogP contribution is -2.22. The molecular weight excluding hydrogens is 272 g/mol. The monoisotopic (exact) mass is 292 g/mol. The number of methoxy groups -OCH3 is 3. The second kappa shape index (κ2) is 8.09. The van der Waals surface area contributed by atoms with Crippen molar-refractivity contribution >= 4 is 17.8 Å². The Bertz CT molecular complexity index is 533. The molecule has 0 fully saturated rings. The number of ether oxygens (including phenoxy) is 3. The number of rotatable bonds is 7. The molecule has 1 unspecified atom stereocenters. The average Bonchev–Trinajstić information content (AvgIpc) is 2.50. The predicted molar refractivity (Wildman–Crippen MR) is 79.4 cm³/mol. The lowest BCUT2D eigenvalue weighted by Gasteiger charge is -2.09. The molecule has 0 aromatic heterocycles. The topological polar surface area (TPSA) is 61.8 Å². The number of hydrogen-bond donors (Lipinski definition) is 0. The third-order valence-corrected chi connectivity index (χ3v) is 3.07. The Kier molecular flexibility index (Phi) is 6.46. The van der Waals surface area contributed by atoms with E-state index in [2.05, 4.69) is 4.74 Å². The Morgan fingerprint density at radius 2 is 1.81 bits per heavy atom. The highest BCUT2D eigenvalue weighted by molar-refractivity contribution is 5.97. The fraction of sp³-hybridized carbons (Fsp3) is 0.375. The number of allylic oxidation sites excluding steroid dienone is 1. The van der Waals surface area contributed by atoms with Crippen LogP contribution in [0.15, 0.2) is 24.3 Å². The smallest absolute Gasteiger partial charge is 0.316 e. The van der Waals surface area contributed by atoms with Gasteiger partial charge in [-0.3, -0.25) is 9.59 Å².